The van der Waals surface area contributed by atoms with Crippen LogP contribution in [-0.2, 0) is 18.9 Å². The molecule has 2 fully saturated rings. The van der Waals surface area contributed by atoms with Gasteiger partial charge in [-0.05, 0) is 34.1 Å². The fourth-order valence-electron chi connectivity index (χ4n) is 2.75. The molecule has 0 spiro atoms. The molecule has 6 heteroatoms. The zero-order chi connectivity index (χ0) is 15.2. The Labute approximate surface area is 120 Å². The number of ether oxygens (including phenoxy) is 4. The summed E-state index contributed by atoms with van der Waals surface area (Å²) in [7, 11) is 0. The number of rotatable bonds is 4. The molecule has 118 valence electrons. The molecule has 0 bridgehead atoms. The van der Waals surface area contributed by atoms with Gasteiger partial charge in [0.2, 0.25) is 0 Å². The van der Waals surface area contributed by atoms with E-state index in [2.05, 4.69) is 0 Å². The van der Waals surface area contributed by atoms with Crippen LogP contribution in [0.3, 0.4) is 0 Å². The molecule has 0 saturated carbocycles. The fourth-order valence-corrected chi connectivity index (χ4v) is 2.75. The van der Waals surface area contributed by atoms with Gasteiger partial charge in [0.05, 0.1) is 13.2 Å². The van der Waals surface area contributed by atoms with Gasteiger partial charge >= 0.3 is 0 Å². The van der Waals surface area contributed by atoms with Crippen LogP contribution >= 0.6 is 0 Å². The van der Waals surface area contributed by atoms with E-state index >= 15 is 0 Å². The molecule has 20 heavy (non-hydrogen) atoms. The molecular weight excluding hydrogens is 264 g/mol. The van der Waals surface area contributed by atoms with Crippen LogP contribution in [0.2, 0.25) is 0 Å². The van der Waals surface area contributed by atoms with Gasteiger partial charge in [-0.25, -0.2) is 0 Å². The minimum atomic E-state index is -1.43. The molecule has 2 aliphatic heterocycles. The third kappa shape index (κ3) is 3.00. The molecule has 0 amide bonds. The van der Waals surface area contributed by atoms with Crippen LogP contribution in [0.4, 0.5) is 0 Å². The smallest absolute Gasteiger partial charge is 0.163 e. The normalized spacial score (nSPS) is 36.8. The van der Waals surface area contributed by atoms with Crippen LogP contribution in [0.25, 0.3) is 0 Å². The summed E-state index contributed by atoms with van der Waals surface area (Å²) in [5.41, 5.74) is -1.43. The highest BCUT2D eigenvalue weighted by atomic mass is 16.8. The van der Waals surface area contributed by atoms with Gasteiger partial charge in [0.1, 0.15) is 23.9 Å². The number of aliphatic hydroxyl groups is 2. The van der Waals surface area contributed by atoms with Crippen LogP contribution in [0.1, 0.15) is 41.0 Å². The van der Waals surface area contributed by atoms with E-state index in [-0.39, 0.29) is 13.2 Å². The molecule has 0 radical (unpaired) electrons. The highest BCUT2D eigenvalue weighted by Crippen LogP contribution is 2.36. The molecule has 0 aliphatic carbocycles. The van der Waals surface area contributed by atoms with Crippen molar-refractivity contribution < 1.29 is 29.2 Å². The second kappa shape index (κ2) is 5.19. The van der Waals surface area contributed by atoms with E-state index < -0.39 is 35.5 Å². The van der Waals surface area contributed by atoms with Gasteiger partial charge in [0, 0.05) is 0 Å². The number of hydrogen-bond donors (Lipinski definition) is 2. The Morgan fingerprint density at radius 2 is 1.65 bits per heavy atom. The second-order valence-electron chi connectivity index (χ2n) is 6.47. The van der Waals surface area contributed by atoms with E-state index in [9.17, 15) is 10.2 Å². The quantitative estimate of drug-likeness (QED) is 0.797. The predicted molar refractivity (Wildman–Crippen MR) is 71.1 cm³/mol. The first-order chi connectivity index (χ1) is 9.10. The van der Waals surface area contributed by atoms with Crippen molar-refractivity contribution in [2.45, 2.75) is 76.5 Å². The highest BCUT2D eigenvalue weighted by Gasteiger charge is 2.53. The molecule has 4 atom stereocenters. The van der Waals surface area contributed by atoms with Crippen molar-refractivity contribution in [3.05, 3.63) is 0 Å². The Bertz CT molecular complexity index is 356. The summed E-state index contributed by atoms with van der Waals surface area (Å²) in [6.07, 6.45) is -1.94. The zero-order valence-corrected chi connectivity index (χ0v) is 12.9. The minimum absolute atomic E-state index is 0.241. The van der Waals surface area contributed by atoms with E-state index in [4.69, 9.17) is 18.9 Å². The Morgan fingerprint density at radius 3 is 2.05 bits per heavy atom. The lowest BCUT2D eigenvalue weighted by Crippen LogP contribution is -2.58. The molecule has 6 nitrogen and oxygen atoms in total. The Hall–Kier alpha value is -0.240. The summed E-state index contributed by atoms with van der Waals surface area (Å²) >= 11 is 0. The number of hydrogen-bond acceptors (Lipinski definition) is 6. The lowest BCUT2D eigenvalue weighted by atomic mass is 9.85. The van der Waals surface area contributed by atoms with Gasteiger partial charge in [0.15, 0.2) is 11.6 Å². The van der Waals surface area contributed by atoms with Crippen molar-refractivity contribution in [3.8, 4) is 0 Å². The van der Waals surface area contributed by atoms with Crippen molar-refractivity contribution in [1.29, 1.82) is 0 Å². The van der Waals surface area contributed by atoms with Crippen LogP contribution in [0.15, 0.2) is 0 Å². The third-order valence-corrected chi connectivity index (χ3v) is 4.03. The first kappa shape index (κ1) is 16.1. The van der Waals surface area contributed by atoms with Gasteiger partial charge in [0.25, 0.3) is 0 Å². The van der Waals surface area contributed by atoms with Crippen molar-refractivity contribution in [3.63, 3.8) is 0 Å². The second-order valence-corrected chi connectivity index (χ2v) is 6.47. The predicted octanol–water partition coefficient (Wildman–Crippen LogP) is 0.791. The minimum Gasteiger partial charge on any atom is -0.387 e. The molecule has 0 unspecified atom stereocenters. The Kier molecular flexibility index (Phi) is 4.19. The van der Waals surface area contributed by atoms with Gasteiger partial charge < -0.3 is 29.2 Å². The maximum Gasteiger partial charge on any atom is 0.163 e. The fraction of sp³-hybridized carbons (Fsp3) is 1.00. The topological polar surface area (TPSA) is 77.4 Å². The van der Waals surface area contributed by atoms with Crippen LogP contribution < -0.4 is 0 Å². The van der Waals surface area contributed by atoms with Gasteiger partial charge in [-0.2, -0.15) is 0 Å². The molecular formula is C14H26O6. The summed E-state index contributed by atoms with van der Waals surface area (Å²) in [6, 6.07) is 0. The van der Waals surface area contributed by atoms with E-state index in [0.717, 1.165) is 0 Å². The Balaban J connectivity index is 2.10. The maximum atomic E-state index is 10.9. The molecule has 2 rings (SSSR count). The van der Waals surface area contributed by atoms with E-state index in [1.807, 2.05) is 0 Å². The van der Waals surface area contributed by atoms with Gasteiger partial charge in [-0.3, -0.25) is 0 Å². The maximum absolute atomic E-state index is 10.9. The SMILES string of the molecule is CC[C@@](O)([C@H]1COC(C)(C)O1)[C@@H](O)[C@H]1COC(C)(C)O1. The van der Waals surface area contributed by atoms with Crippen molar-refractivity contribution in [2.75, 3.05) is 13.2 Å². The van der Waals surface area contributed by atoms with Crippen LogP contribution in [0, 0.1) is 0 Å². The first-order valence-corrected chi connectivity index (χ1v) is 7.13. The lowest BCUT2D eigenvalue weighted by molar-refractivity contribution is -0.220. The molecule has 2 aliphatic rings. The van der Waals surface area contributed by atoms with E-state index in [0.29, 0.717) is 6.42 Å². The summed E-state index contributed by atoms with van der Waals surface area (Å²) in [6.45, 7) is 9.42. The zero-order valence-electron chi connectivity index (χ0n) is 12.9. The van der Waals surface area contributed by atoms with E-state index in [1.165, 1.54) is 0 Å². The average molecular weight is 290 g/mol. The van der Waals surface area contributed by atoms with E-state index in [1.54, 1.807) is 34.6 Å². The molecule has 2 heterocycles. The molecule has 0 aromatic rings. The summed E-state index contributed by atoms with van der Waals surface area (Å²) in [5, 5.41) is 21.4. The average Bonchev–Trinajstić information content (AvgIpc) is 2.90. The van der Waals surface area contributed by atoms with Gasteiger partial charge in [-0.1, -0.05) is 6.92 Å². The first-order valence-electron chi connectivity index (χ1n) is 7.13. The molecule has 0 aromatic carbocycles. The third-order valence-electron chi connectivity index (χ3n) is 4.03. The summed E-state index contributed by atoms with van der Waals surface area (Å²) in [4.78, 5) is 0. The largest absolute Gasteiger partial charge is 0.387 e. The van der Waals surface area contributed by atoms with Crippen molar-refractivity contribution in [1.82, 2.24) is 0 Å². The van der Waals surface area contributed by atoms with Crippen molar-refractivity contribution >= 4 is 0 Å². The standard InChI is InChI=1S/C14H26O6/c1-6-14(16,10-8-18-13(4,5)20-10)11(15)9-7-17-12(2,3)19-9/h9-11,15-16H,6-8H2,1-5H3/t9-,10-,11+,14-/m1/s1. The summed E-state index contributed by atoms with van der Waals surface area (Å²) < 4.78 is 22.3. The monoisotopic (exact) mass is 290 g/mol. The Morgan fingerprint density at radius 1 is 1.10 bits per heavy atom. The highest BCUT2D eigenvalue weighted by molar-refractivity contribution is 5.00. The summed E-state index contributed by atoms with van der Waals surface area (Å²) in [5.74, 6) is -1.49. The van der Waals surface area contributed by atoms with Crippen LogP contribution in [-0.4, -0.2) is 58.9 Å². The molecule has 0 aromatic heterocycles. The number of aliphatic hydroxyl groups excluding tert-OH is 1. The molecule has 2 N–H and O–H groups in total. The van der Waals surface area contributed by atoms with Crippen molar-refractivity contribution in [2.24, 2.45) is 0 Å². The van der Waals surface area contributed by atoms with Crippen LogP contribution in [0.5, 0.6) is 0 Å². The lowest BCUT2D eigenvalue weighted by Gasteiger charge is -2.38. The van der Waals surface area contributed by atoms with Gasteiger partial charge in [-0.15, -0.1) is 0 Å². The molecule has 2 saturated heterocycles.